The fraction of sp³-hybridized carbons (Fsp3) is 0.158. The van der Waals surface area contributed by atoms with Gasteiger partial charge in [-0.2, -0.15) is 0 Å². The van der Waals surface area contributed by atoms with E-state index in [1.54, 1.807) is 18.2 Å². The van der Waals surface area contributed by atoms with Gasteiger partial charge in [0.1, 0.15) is 5.69 Å². The molecule has 0 saturated carbocycles. The summed E-state index contributed by atoms with van der Waals surface area (Å²) in [6.45, 7) is 0. The maximum atomic E-state index is 12.1. The third-order valence-electron chi connectivity index (χ3n) is 3.79. The maximum Gasteiger partial charge on any atom is 0.268 e. The number of amides is 2. The van der Waals surface area contributed by atoms with Gasteiger partial charge in [-0.25, -0.2) is 4.98 Å². The number of aryl methyl sites for hydroxylation is 1. The fourth-order valence-corrected chi connectivity index (χ4v) is 2.53. The minimum Gasteiger partial charge on any atom is -0.364 e. The Morgan fingerprint density at radius 2 is 1.84 bits per heavy atom. The summed E-state index contributed by atoms with van der Waals surface area (Å²) >= 11 is 0. The predicted molar refractivity (Wildman–Crippen MR) is 96.1 cm³/mol. The van der Waals surface area contributed by atoms with E-state index in [9.17, 15) is 9.59 Å². The van der Waals surface area contributed by atoms with E-state index < -0.39 is 5.91 Å². The monoisotopic (exact) mass is 334 g/mol. The lowest BCUT2D eigenvalue weighted by atomic mass is 10.1. The Morgan fingerprint density at radius 1 is 1.04 bits per heavy atom. The molecule has 0 aliphatic carbocycles. The average Bonchev–Trinajstić information content (AvgIpc) is 2.62. The van der Waals surface area contributed by atoms with Crippen molar-refractivity contribution < 1.29 is 9.59 Å². The molecular formula is C19H18N4O2. The number of carbonyl (C=O) groups is 2. The number of anilines is 1. The zero-order valence-electron chi connectivity index (χ0n) is 13.6. The number of rotatable bonds is 6. The summed E-state index contributed by atoms with van der Waals surface area (Å²) in [7, 11) is 0. The van der Waals surface area contributed by atoms with Gasteiger partial charge in [0, 0.05) is 12.1 Å². The van der Waals surface area contributed by atoms with Crippen LogP contribution in [0, 0.1) is 0 Å². The SMILES string of the molecule is NC(=O)c1cnc2cc(NC(=O)CCCc3ccccc3)ccc2n1. The summed E-state index contributed by atoms with van der Waals surface area (Å²) < 4.78 is 0. The molecule has 3 rings (SSSR count). The van der Waals surface area contributed by atoms with Crippen LogP contribution in [-0.4, -0.2) is 21.8 Å². The second kappa shape index (κ2) is 7.53. The first-order chi connectivity index (χ1) is 12.1. The Bertz CT molecular complexity index is 910. The lowest BCUT2D eigenvalue weighted by Crippen LogP contribution is -2.14. The van der Waals surface area contributed by atoms with Crippen LogP contribution in [0.2, 0.25) is 0 Å². The predicted octanol–water partition coefficient (Wildman–Crippen LogP) is 2.69. The molecule has 6 nitrogen and oxygen atoms in total. The molecule has 0 unspecified atom stereocenters. The summed E-state index contributed by atoms with van der Waals surface area (Å²) in [4.78, 5) is 31.5. The molecule has 0 fully saturated rings. The minimum absolute atomic E-state index is 0.0444. The highest BCUT2D eigenvalue weighted by molar-refractivity contribution is 5.94. The van der Waals surface area contributed by atoms with Gasteiger partial charge in [-0.15, -0.1) is 0 Å². The number of nitrogens with zero attached hydrogens (tertiary/aromatic N) is 2. The largest absolute Gasteiger partial charge is 0.364 e. The molecule has 0 radical (unpaired) electrons. The zero-order valence-corrected chi connectivity index (χ0v) is 13.6. The molecule has 0 atom stereocenters. The van der Waals surface area contributed by atoms with Crippen LogP contribution in [0.4, 0.5) is 5.69 Å². The van der Waals surface area contributed by atoms with Gasteiger partial charge >= 0.3 is 0 Å². The van der Waals surface area contributed by atoms with Crippen molar-refractivity contribution in [3.05, 3.63) is 66.0 Å². The first kappa shape index (κ1) is 16.6. The number of hydrogen-bond donors (Lipinski definition) is 2. The Labute approximate surface area is 145 Å². The molecule has 3 aromatic rings. The molecule has 0 aliphatic heterocycles. The van der Waals surface area contributed by atoms with Crippen LogP contribution in [-0.2, 0) is 11.2 Å². The molecule has 2 aromatic carbocycles. The van der Waals surface area contributed by atoms with E-state index >= 15 is 0 Å². The Balaban J connectivity index is 1.59. The average molecular weight is 334 g/mol. The standard InChI is InChI=1S/C19H18N4O2/c20-19(25)17-12-21-16-11-14(9-10-15(16)23-17)22-18(24)8-4-7-13-5-2-1-3-6-13/h1-3,5-6,9-12H,4,7-8H2,(H2,20,25)(H,22,24). The highest BCUT2D eigenvalue weighted by Crippen LogP contribution is 2.16. The van der Waals surface area contributed by atoms with Gasteiger partial charge in [0.2, 0.25) is 5.91 Å². The molecule has 3 N–H and O–H groups in total. The van der Waals surface area contributed by atoms with E-state index in [0.29, 0.717) is 23.1 Å². The van der Waals surface area contributed by atoms with Crippen LogP contribution in [0.25, 0.3) is 11.0 Å². The molecular weight excluding hydrogens is 316 g/mol. The van der Waals surface area contributed by atoms with E-state index in [2.05, 4.69) is 27.4 Å². The molecule has 2 amide bonds. The second-order valence-electron chi connectivity index (χ2n) is 5.71. The lowest BCUT2D eigenvalue weighted by molar-refractivity contribution is -0.116. The lowest BCUT2D eigenvalue weighted by Gasteiger charge is -2.07. The molecule has 25 heavy (non-hydrogen) atoms. The van der Waals surface area contributed by atoms with Gasteiger partial charge < -0.3 is 11.1 Å². The summed E-state index contributed by atoms with van der Waals surface area (Å²) in [5, 5.41) is 2.86. The van der Waals surface area contributed by atoms with Crippen LogP contribution in [0.15, 0.2) is 54.7 Å². The summed E-state index contributed by atoms with van der Waals surface area (Å²) in [6, 6.07) is 15.2. The Hall–Kier alpha value is -3.28. The highest BCUT2D eigenvalue weighted by Gasteiger charge is 2.07. The Morgan fingerprint density at radius 3 is 2.60 bits per heavy atom. The van der Waals surface area contributed by atoms with Gasteiger partial charge in [-0.05, 0) is 36.6 Å². The van der Waals surface area contributed by atoms with Gasteiger partial charge in [0.25, 0.3) is 5.91 Å². The number of aromatic nitrogens is 2. The topological polar surface area (TPSA) is 98.0 Å². The van der Waals surface area contributed by atoms with E-state index in [1.165, 1.54) is 11.8 Å². The Kier molecular flexibility index (Phi) is 4.99. The highest BCUT2D eigenvalue weighted by atomic mass is 16.2. The van der Waals surface area contributed by atoms with Crippen LogP contribution in [0.5, 0.6) is 0 Å². The third kappa shape index (κ3) is 4.38. The van der Waals surface area contributed by atoms with Crippen molar-refractivity contribution >= 4 is 28.5 Å². The number of primary amides is 1. The van der Waals surface area contributed by atoms with Crippen molar-refractivity contribution in [3.63, 3.8) is 0 Å². The molecule has 0 bridgehead atoms. The van der Waals surface area contributed by atoms with Crippen molar-refractivity contribution in [1.29, 1.82) is 0 Å². The van der Waals surface area contributed by atoms with E-state index in [4.69, 9.17) is 5.73 Å². The number of hydrogen-bond acceptors (Lipinski definition) is 4. The van der Waals surface area contributed by atoms with Crippen molar-refractivity contribution in [2.45, 2.75) is 19.3 Å². The first-order valence-corrected chi connectivity index (χ1v) is 8.02. The molecule has 126 valence electrons. The molecule has 6 heteroatoms. The first-order valence-electron chi connectivity index (χ1n) is 8.02. The second-order valence-corrected chi connectivity index (χ2v) is 5.71. The molecule has 1 aromatic heterocycles. The summed E-state index contributed by atoms with van der Waals surface area (Å²) in [5.74, 6) is -0.665. The molecule has 0 spiro atoms. The smallest absolute Gasteiger partial charge is 0.268 e. The van der Waals surface area contributed by atoms with Crippen LogP contribution < -0.4 is 11.1 Å². The number of fused-ring (bicyclic) bond motifs is 1. The van der Waals surface area contributed by atoms with Gasteiger partial charge in [-0.1, -0.05) is 30.3 Å². The van der Waals surface area contributed by atoms with Crippen LogP contribution >= 0.6 is 0 Å². The number of nitrogens with two attached hydrogens (primary N) is 1. The van der Waals surface area contributed by atoms with Gasteiger partial charge in [0.15, 0.2) is 0 Å². The fourth-order valence-electron chi connectivity index (χ4n) is 2.53. The normalized spacial score (nSPS) is 10.6. The van der Waals surface area contributed by atoms with E-state index in [0.717, 1.165) is 12.8 Å². The number of carbonyl (C=O) groups excluding carboxylic acids is 2. The minimum atomic E-state index is -0.620. The van der Waals surface area contributed by atoms with Crippen molar-refractivity contribution in [2.24, 2.45) is 5.73 Å². The van der Waals surface area contributed by atoms with Crippen LogP contribution in [0.3, 0.4) is 0 Å². The van der Waals surface area contributed by atoms with Gasteiger partial charge in [0.05, 0.1) is 17.2 Å². The number of benzene rings is 2. The molecule has 0 saturated heterocycles. The molecule has 1 heterocycles. The van der Waals surface area contributed by atoms with Gasteiger partial charge in [-0.3, -0.25) is 14.6 Å². The third-order valence-corrected chi connectivity index (χ3v) is 3.79. The molecule has 0 aliphatic rings. The maximum absolute atomic E-state index is 12.1. The van der Waals surface area contributed by atoms with Crippen molar-refractivity contribution in [3.8, 4) is 0 Å². The van der Waals surface area contributed by atoms with E-state index in [-0.39, 0.29) is 11.6 Å². The quantitative estimate of drug-likeness (QED) is 0.724. The summed E-state index contributed by atoms with van der Waals surface area (Å²) in [6.07, 6.45) is 3.42. The van der Waals surface area contributed by atoms with E-state index in [1.807, 2.05) is 18.2 Å². The van der Waals surface area contributed by atoms with Crippen molar-refractivity contribution in [1.82, 2.24) is 9.97 Å². The zero-order chi connectivity index (χ0) is 17.6. The van der Waals surface area contributed by atoms with Crippen molar-refractivity contribution in [2.75, 3.05) is 5.32 Å². The summed E-state index contributed by atoms with van der Waals surface area (Å²) in [5.41, 5.74) is 8.33. The number of nitrogens with one attached hydrogen (secondary N) is 1. The van der Waals surface area contributed by atoms with Crippen LogP contribution in [0.1, 0.15) is 28.9 Å².